The Bertz CT molecular complexity index is 1520. The zero-order valence-corrected chi connectivity index (χ0v) is 20.0. The van der Waals surface area contributed by atoms with E-state index in [0.717, 1.165) is 15.6 Å². The van der Waals surface area contributed by atoms with Gasteiger partial charge in [0.05, 0.1) is 18.4 Å². The molecular formula is C27H21FN2O4S. The highest BCUT2D eigenvalue weighted by molar-refractivity contribution is 7.16. The van der Waals surface area contributed by atoms with Crippen molar-refractivity contribution in [3.8, 4) is 5.75 Å². The van der Waals surface area contributed by atoms with Crippen LogP contribution in [-0.4, -0.2) is 28.9 Å². The van der Waals surface area contributed by atoms with E-state index in [1.807, 2.05) is 19.1 Å². The fourth-order valence-corrected chi connectivity index (χ4v) is 5.17. The van der Waals surface area contributed by atoms with Crippen molar-refractivity contribution in [1.82, 2.24) is 4.98 Å². The number of hydrogen-bond acceptors (Lipinski definition) is 6. The van der Waals surface area contributed by atoms with E-state index in [2.05, 4.69) is 4.98 Å². The van der Waals surface area contributed by atoms with Gasteiger partial charge in [-0.2, -0.15) is 0 Å². The molecule has 4 aromatic rings. The molecule has 1 fully saturated rings. The van der Waals surface area contributed by atoms with Gasteiger partial charge in [0.2, 0.25) is 0 Å². The number of Topliss-reactive ketones (excluding diaryl/α,β-unsaturated/α-hetero) is 1. The normalized spacial score (nSPS) is 17.4. The molecule has 0 spiro atoms. The average Bonchev–Trinajstić information content (AvgIpc) is 3.32. The third-order valence-corrected chi connectivity index (χ3v) is 7.26. The number of hydrogen-bond donors (Lipinski definition) is 1. The van der Waals surface area contributed by atoms with Gasteiger partial charge in [-0.25, -0.2) is 9.37 Å². The molecule has 1 N–H and O–H groups in total. The van der Waals surface area contributed by atoms with Crippen LogP contribution in [0.2, 0.25) is 0 Å². The van der Waals surface area contributed by atoms with Crippen LogP contribution < -0.4 is 9.64 Å². The zero-order valence-electron chi connectivity index (χ0n) is 19.2. The molecule has 3 aromatic carbocycles. The molecule has 0 radical (unpaired) electrons. The summed E-state index contributed by atoms with van der Waals surface area (Å²) in [5.74, 6) is -2.03. The van der Waals surface area contributed by atoms with Gasteiger partial charge in [0.1, 0.15) is 23.4 Å². The smallest absolute Gasteiger partial charge is 0.301 e. The summed E-state index contributed by atoms with van der Waals surface area (Å²) in [5.41, 5.74) is 0.973. The number of aliphatic hydroxyl groups excluding tert-OH is 1. The van der Waals surface area contributed by atoms with E-state index in [4.69, 9.17) is 4.74 Å². The maximum Gasteiger partial charge on any atom is 0.301 e. The Morgan fingerprint density at radius 2 is 1.77 bits per heavy atom. The number of methoxy groups -OCH3 is 1. The van der Waals surface area contributed by atoms with Crippen molar-refractivity contribution in [2.24, 2.45) is 0 Å². The second-order valence-corrected chi connectivity index (χ2v) is 9.44. The number of anilines is 1. The number of fused-ring (bicyclic) bond motifs is 1. The van der Waals surface area contributed by atoms with Gasteiger partial charge in [-0.1, -0.05) is 36.4 Å². The number of amides is 1. The molecule has 6 nitrogen and oxygen atoms in total. The number of ketones is 1. The first-order chi connectivity index (χ1) is 16.8. The maximum atomic E-state index is 15.0. The van der Waals surface area contributed by atoms with Crippen molar-refractivity contribution >= 4 is 44.7 Å². The fourth-order valence-electron chi connectivity index (χ4n) is 4.23. The van der Waals surface area contributed by atoms with Crippen molar-refractivity contribution in [1.29, 1.82) is 0 Å². The lowest BCUT2D eigenvalue weighted by molar-refractivity contribution is -0.132. The summed E-state index contributed by atoms with van der Waals surface area (Å²) in [5, 5.41) is 13.3. The first kappa shape index (κ1) is 22.7. The first-order valence-corrected chi connectivity index (χ1v) is 11.7. The lowest BCUT2D eigenvalue weighted by Crippen LogP contribution is -2.29. The van der Waals surface area contributed by atoms with Crippen LogP contribution in [0.1, 0.15) is 27.7 Å². The molecule has 5 rings (SSSR count). The summed E-state index contributed by atoms with van der Waals surface area (Å²) < 4.78 is 20.3. The molecule has 1 aliphatic rings. The standard InChI is InChI=1S/C27H21FN2O4S/c1-14-15(2)35-27(29-14)30-23(20-6-4-5-7-21(20)28)22(25(32)26(30)33)24(31)18-9-8-17-13-19(34-3)11-10-16(17)12-18/h4-13,23,31H,1-3H3/b24-22+. The number of aromatic nitrogens is 1. The topological polar surface area (TPSA) is 79.7 Å². The second kappa shape index (κ2) is 8.63. The molecule has 1 saturated heterocycles. The number of halogens is 1. The van der Waals surface area contributed by atoms with Gasteiger partial charge >= 0.3 is 5.91 Å². The largest absolute Gasteiger partial charge is 0.507 e. The van der Waals surface area contributed by atoms with E-state index in [0.29, 0.717) is 17.0 Å². The summed E-state index contributed by atoms with van der Waals surface area (Å²) in [6.07, 6.45) is 0. The summed E-state index contributed by atoms with van der Waals surface area (Å²) in [6.45, 7) is 3.66. The molecule has 0 bridgehead atoms. The minimum Gasteiger partial charge on any atom is -0.507 e. The van der Waals surface area contributed by atoms with E-state index in [-0.39, 0.29) is 22.0 Å². The highest BCUT2D eigenvalue weighted by atomic mass is 32.1. The number of aliphatic hydroxyl groups is 1. The number of carbonyl (C=O) groups excluding carboxylic acids is 2. The number of aryl methyl sites for hydroxylation is 2. The molecule has 1 aromatic heterocycles. The maximum absolute atomic E-state index is 15.0. The SMILES string of the molecule is COc1ccc2cc(/C(O)=C3\C(=O)C(=O)N(c4nc(C)c(C)s4)C3c3ccccc3F)ccc2c1. The molecule has 0 saturated carbocycles. The second-order valence-electron chi connectivity index (χ2n) is 8.26. The van der Waals surface area contributed by atoms with Crippen molar-refractivity contribution in [3.05, 3.63) is 93.8 Å². The molecule has 1 atom stereocenters. The molecule has 1 unspecified atom stereocenters. The third-order valence-electron chi connectivity index (χ3n) is 6.19. The molecule has 176 valence electrons. The van der Waals surface area contributed by atoms with Crippen LogP contribution in [0.15, 0.2) is 66.2 Å². The van der Waals surface area contributed by atoms with Gasteiger partial charge in [0.25, 0.3) is 5.78 Å². The lowest BCUT2D eigenvalue weighted by Gasteiger charge is -2.23. The quantitative estimate of drug-likeness (QED) is 0.227. The van der Waals surface area contributed by atoms with Crippen molar-refractivity contribution in [2.45, 2.75) is 19.9 Å². The molecule has 8 heteroatoms. The van der Waals surface area contributed by atoms with E-state index in [1.54, 1.807) is 44.4 Å². The van der Waals surface area contributed by atoms with Gasteiger partial charge in [0.15, 0.2) is 5.13 Å². The molecule has 1 aliphatic heterocycles. The Hall–Kier alpha value is -4.04. The number of nitrogens with zero attached hydrogens (tertiary/aromatic N) is 2. The van der Waals surface area contributed by atoms with Gasteiger partial charge in [-0.15, -0.1) is 11.3 Å². The van der Waals surface area contributed by atoms with E-state index >= 15 is 4.39 Å². The van der Waals surface area contributed by atoms with Gasteiger partial charge in [-0.05, 0) is 48.9 Å². The Morgan fingerprint density at radius 1 is 1.06 bits per heavy atom. The van der Waals surface area contributed by atoms with E-state index in [1.165, 1.54) is 34.4 Å². The van der Waals surface area contributed by atoms with Crippen LogP contribution in [0.25, 0.3) is 16.5 Å². The van der Waals surface area contributed by atoms with E-state index < -0.39 is 23.5 Å². The summed E-state index contributed by atoms with van der Waals surface area (Å²) in [6, 6.07) is 15.4. The molecular weight excluding hydrogens is 467 g/mol. The highest BCUT2D eigenvalue weighted by Gasteiger charge is 2.49. The minimum absolute atomic E-state index is 0.101. The van der Waals surface area contributed by atoms with Crippen LogP contribution in [0, 0.1) is 19.7 Å². The van der Waals surface area contributed by atoms with Crippen molar-refractivity contribution < 1.29 is 23.8 Å². The van der Waals surface area contributed by atoms with Gasteiger partial charge < -0.3 is 9.84 Å². The van der Waals surface area contributed by atoms with Crippen LogP contribution >= 0.6 is 11.3 Å². The third kappa shape index (κ3) is 3.76. The predicted octanol–water partition coefficient (Wildman–Crippen LogP) is 5.69. The monoisotopic (exact) mass is 488 g/mol. The number of carbonyl (C=O) groups is 2. The molecule has 0 aliphatic carbocycles. The Morgan fingerprint density at radius 3 is 2.46 bits per heavy atom. The first-order valence-electron chi connectivity index (χ1n) is 10.9. The Kier molecular flexibility index (Phi) is 5.61. The minimum atomic E-state index is -1.16. The lowest BCUT2D eigenvalue weighted by atomic mass is 9.94. The van der Waals surface area contributed by atoms with Crippen LogP contribution in [0.3, 0.4) is 0 Å². The predicted molar refractivity (Wildman–Crippen MR) is 133 cm³/mol. The van der Waals surface area contributed by atoms with Crippen molar-refractivity contribution in [2.75, 3.05) is 12.0 Å². The summed E-state index contributed by atoms with van der Waals surface area (Å²) in [4.78, 5) is 33.0. The average molecular weight is 489 g/mol. The van der Waals surface area contributed by atoms with Crippen LogP contribution in [0.5, 0.6) is 5.75 Å². The zero-order chi connectivity index (χ0) is 24.9. The number of ether oxygens (including phenoxy) is 1. The van der Waals surface area contributed by atoms with Crippen LogP contribution in [0.4, 0.5) is 9.52 Å². The highest BCUT2D eigenvalue weighted by Crippen LogP contribution is 2.44. The number of benzene rings is 3. The molecule has 1 amide bonds. The van der Waals surface area contributed by atoms with Crippen LogP contribution in [-0.2, 0) is 9.59 Å². The Balaban J connectivity index is 1.72. The number of rotatable bonds is 4. The molecule has 2 heterocycles. The fraction of sp³-hybridized carbons (Fsp3) is 0.148. The van der Waals surface area contributed by atoms with Gasteiger partial charge in [-0.3, -0.25) is 14.5 Å². The molecule has 35 heavy (non-hydrogen) atoms. The Labute approximate surface area is 204 Å². The number of thiazole rings is 1. The summed E-state index contributed by atoms with van der Waals surface area (Å²) >= 11 is 1.24. The summed E-state index contributed by atoms with van der Waals surface area (Å²) in [7, 11) is 1.58. The van der Waals surface area contributed by atoms with E-state index in [9.17, 15) is 14.7 Å². The van der Waals surface area contributed by atoms with Crippen molar-refractivity contribution in [3.63, 3.8) is 0 Å². The van der Waals surface area contributed by atoms with Gasteiger partial charge in [0, 0.05) is 16.0 Å².